The molecule has 0 aromatic carbocycles. The van der Waals surface area contributed by atoms with E-state index >= 15 is 0 Å². The zero-order valence-corrected chi connectivity index (χ0v) is 9.47. The molecule has 11 heavy (non-hydrogen) atoms. The van der Waals surface area contributed by atoms with Crippen LogP contribution in [0.5, 0.6) is 0 Å². The molecule has 0 rings (SSSR count). The minimum Gasteiger partial charge on any atom is -2.00 e. The zero-order valence-electron chi connectivity index (χ0n) is 6.45. The Morgan fingerprint density at radius 3 is 2.45 bits per heavy atom. The minimum absolute atomic E-state index is 0. The first-order valence-corrected chi connectivity index (χ1v) is 4.05. The van der Waals surface area contributed by atoms with Crippen LogP contribution in [0.3, 0.4) is 0 Å². The molecule has 0 radical (unpaired) electrons. The molecule has 62 valence electrons. The number of rotatable bonds is 4. The number of hydrogen-bond acceptors (Lipinski definition) is 3. The molecule has 0 saturated heterocycles. The Balaban J connectivity index is -0.000000320. The fourth-order valence-electron chi connectivity index (χ4n) is 0.368. The maximum absolute atomic E-state index is 10.1. The van der Waals surface area contributed by atoms with E-state index in [1.807, 2.05) is 6.26 Å². The van der Waals surface area contributed by atoms with E-state index in [-0.39, 0.29) is 43.2 Å². The Morgan fingerprint density at radius 2 is 2.18 bits per heavy atom. The third-order valence-corrected chi connectivity index (χ3v) is 1.59. The molecule has 0 aromatic rings. The van der Waals surface area contributed by atoms with Crippen molar-refractivity contribution in [2.24, 2.45) is 5.73 Å². The molecule has 0 aromatic heterocycles. The number of thioether (sulfide) groups is 1. The largest absolute Gasteiger partial charge is 2.00 e. The van der Waals surface area contributed by atoms with Crippen molar-refractivity contribution in [3.05, 3.63) is 0 Å². The van der Waals surface area contributed by atoms with Gasteiger partial charge in [-0.25, -0.2) is 0 Å². The van der Waals surface area contributed by atoms with E-state index in [2.05, 4.69) is 0 Å². The van der Waals surface area contributed by atoms with Gasteiger partial charge in [0.05, 0.1) is 0 Å². The van der Waals surface area contributed by atoms with Crippen LogP contribution in [0.15, 0.2) is 0 Å². The number of aliphatic carboxylic acids is 1. The number of nitrogens with two attached hydrogens (primary N) is 1. The van der Waals surface area contributed by atoms with Gasteiger partial charge >= 0.3 is 43.7 Å². The molecule has 0 bridgehead atoms. The van der Waals surface area contributed by atoms with Crippen LogP contribution in [0.1, 0.15) is 6.42 Å². The second-order valence-electron chi connectivity index (χ2n) is 1.73. The predicted octanol–water partition coefficient (Wildman–Crippen LogP) is -0.348. The van der Waals surface area contributed by atoms with Crippen molar-refractivity contribution < 1.29 is 15.4 Å². The summed E-state index contributed by atoms with van der Waals surface area (Å²) >= 11 is 1.60. The van der Waals surface area contributed by atoms with Gasteiger partial charge in [0.15, 0.2) is 0 Å². The molecule has 0 unspecified atom stereocenters. The summed E-state index contributed by atoms with van der Waals surface area (Å²) in [7, 11) is 0. The standard InChI is InChI=1S/C5H11NO2S.Ca.O/c1-9-3-2-4(6)5(7)8;;/h4H,2-3,6H2,1H3,(H,7,8);;/q;+2;-2/t4-;;/m0../s1. The van der Waals surface area contributed by atoms with Gasteiger partial charge in [0.1, 0.15) is 6.04 Å². The molecular formula is C5H11CaNO3S. The van der Waals surface area contributed by atoms with Gasteiger partial charge in [-0.1, -0.05) is 0 Å². The van der Waals surface area contributed by atoms with Crippen molar-refractivity contribution in [2.45, 2.75) is 12.5 Å². The first-order valence-electron chi connectivity index (χ1n) is 2.65. The first-order chi connectivity index (χ1) is 4.18. The van der Waals surface area contributed by atoms with Crippen molar-refractivity contribution in [1.82, 2.24) is 0 Å². The Morgan fingerprint density at radius 1 is 1.73 bits per heavy atom. The SMILES string of the molecule is CSCC[C@H](N)C(=O)O.[Ca+2].[O-2]. The van der Waals surface area contributed by atoms with Gasteiger partial charge in [-0.2, -0.15) is 11.8 Å². The van der Waals surface area contributed by atoms with Crippen LogP contribution in [0, 0.1) is 0 Å². The fourth-order valence-corrected chi connectivity index (χ4v) is 0.858. The smallest absolute Gasteiger partial charge is 2.00 e. The van der Waals surface area contributed by atoms with Gasteiger partial charge in [0, 0.05) is 0 Å². The molecule has 4 nitrogen and oxygen atoms in total. The molecule has 1 atom stereocenters. The summed E-state index contributed by atoms with van der Waals surface area (Å²) in [6, 6.07) is -0.683. The molecule has 0 aliphatic heterocycles. The maximum atomic E-state index is 10.1. The van der Waals surface area contributed by atoms with E-state index in [1.165, 1.54) is 0 Å². The zero-order chi connectivity index (χ0) is 7.28. The van der Waals surface area contributed by atoms with Gasteiger partial charge in [-0.05, 0) is 18.4 Å². The van der Waals surface area contributed by atoms with Crippen molar-refractivity contribution in [2.75, 3.05) is 12.0 Å². The van der Waals surface area contributed by atoms with E-state index in [0.717, 1.165) is 5.75 Å². The number of hydrogen-bond donors (Lipinski definition) is 2. The van der Waals surface area contributed by atoms with E-state index in [0.29, 0.717) is 6.42 Å². The van der Waals surface area contributed by atoms with Crippen LogP contribution >= 0.6 is 11.8 Å². The second-order valence-corrected chi connectivity index (χ2v) is 2.71. The molecule has 3 N–H and O–H groups in total. The van der Waals surface area contributed by atoms with E-state index in [1.54, 1.807) is 11.8 Å². The van der Waals surface area contributed by atoms with Crippen LogP contribution in [-0.2, 0) is 10.3 Å². The van der Waals surface area contributed by atoms with Gasteiger partial charge < -0.3 is 16.3 Å². The van der Waals surface area contributed by atoms with Gasteiger partial charge in [-0.15, -0.1) is 0 Å². The van der Waals surface area contributed by atoms with Crippen LogP contribution < -0.4 is 5.73 Å². The average molecular weight is 205 g/mol. The first kappa shape index (κ1) is 17.9. The molecule has 6 heteroatoms. The van der Waals surface area contributed by atoms with Crippen LogP contribution in [0.25, 0.3) is 0 Å². The fraction of sp³-hybridized carbons (Fsp3) is 0.800. The molecule has 0 saturated carbocycles. The van der Waals surface area contributed by atoms with Crippen molar-refractivity contribution in [3.63, 3.8) is 0 Å². The summed E-state index contributed by atoms with van der Waals surface area (Å²) in [5, 5.41) is 8.27. The second kappa shape index (κ2) is 11.0. The van der Waals surface area contributed by atoms with E-state index in [9.17, 15) is 4.79 Å². The van der Waals surface area contributed by atoms with Gasteiger partial charge in [0.25, 0.3) is 0 Å². The summed E-state index contributed by atoms with van der Waals surface area (Å²) in [6.07, 6.45) is 2.48. The monoisotopic (exact) mass is 205 g/mol. The van der Waals surface area contributed by atoms with Gasteiger partial charge in [0.2, 0.25) is 0 Å². The summed E-state index contributed by atoms with van der Waals surface area (Å²) in [6.45, 7) is 0. The minimum atomic E-state index is -0.913. The molecule has 0 aliphatic carbocycles. The van der Waals surface area contributed by atoms with Gasteiger partial charge in [-0.3, -0.25) is 4.79 Å². The van der Waals surface area contributed by atoms with E-state index < -0.39 is 12.0 Å². The average Bonchev–Trinajstić information content (AvgIpc) is 1.82. The van der Waals surface area contributed by atoms with Crippen LogP contribution in [0.2, 0.25) is 0 Å². The quantitative estimate of drug-likeness (QED) is 0.614. The molecule has 0 aliphatic rings. The summed E-state index contributed by atoms with van der Waals surface area (Å²) in [5.74, 6) is -0.1000. The summed E-state index contributed by atoms with van der Waals surface area (Å²) < 4.78 is 0. The van der Waals surface area contributed by atoms with Crippen molar-refractivity contribution in [3.8, 4) is 0 Å². The normalized spacial score (nSPS) is 10.7. The maximum Gasteiger partial charge on any atom is 2.00 e. The van der Waals surface area contributed by atoms with Crippen LogP contribution in [-0.4, -0.2) is 66.9 Å². The Kier molecular flexibility index (Phi) is 17.9. The Bertz CT molecular complexity index is 104. The summed E-state index contributed by atoms with van der Waals surface area (Å²) in [4.78, 5) is 10.1. The van der Waals surface area contributed by atoms with Crippen LogP contribution in [0.4, 0.5) is 0 Å². The van der Waals surface area contributed by atoms with Crippen molar-refractivity contribution in [1.29, 1.82) is 0 Å². The summed E-state index contributed by atoms with van der Waals surface area (Å²) in [5.41, 5.74) is 5.19. The third-order valence-electron chi connectivity index (χ3n) is 0.950. The molecule has 0 spiro atoms. The number of carboxylic acids is 1. The Hall–Kier alpha value is 1.000. The predicted molar refractivity (Wildman–Crippen MR) is 45.1 cm³/mol. The number of carboxylic acid groups (broad SMARTS) is 1. The number of carbonyl (C=O) groups is 1. The Labute approximate surface area is 100 Å². The third kappa shape index (κ3) is 11.0. The van der Waals surface area contributed by atoms with E-state index in [4.69, 9.17) is 10.8 Å². The van der Waals surface area contributed by atoms with Crippen molar-refractivity contribution >= 4 is 55.5 Å². The molecule has 0 amide bonds. The molecule has 0 fully saturated rings. The topological polar surface area (TPSA) is 91.8 Å². The molecule has 0 heterocycles. The molecular weight excluding hydrogens is 194 g/mol.